The van der Waals surface area contributed by atoms with Crippen LogP contribution in [0.2, 0.25) is 0 Å². The third-order valence-corrected chi connectivity index (χ3v) is 3.72. The van der Waals surface area contributed by atoms with Crippen LogP contribution < -0.4 is 15.2 Å². The zero-order valence-electron chi connectivity index (χ0n) is 11.5. The van der Waals surface area contributed by atoms with Gasteiger partial charge < -0.3 is 20.1 Å². The highest BCUT2D eigenvalue weighted by Gasteiger charge is 2.27. The highest BCUT2D eigenvalue weighted by molar-refractivity contribution is 5.99. The summed E-state index contributed by atoms with van der Waals surface area (Å²) in [5.41, 5.74) is 7.43. The van der Waals surface area contributed by atoms with Gasteiger partial charge in [-0.3, -0.25) is 4.79 Å². The molecule has 5 nitrogen and oxygen atoms in total. The van der Waals surface area contributed by atoms with Crippen LogP contribution in [0.25, 0.3) is 6.08 Å². The Kier molecular flexibility index (Phi) is 3.36. The number of rotatable bonds is 2. The molecule has 0 unspecified atom stereocenters. The quantitative estimate of drug-likeness (QED) is 0.875. The van der Waals surface area contributed by atoms with Gasteiger partial charge in [0.2, 0.25) is 0 Å². The van der Waals surface area contributed by atoms with Crippen LogP contribution in [0.3, 0.4) is 0 Å². The molecule has 3 rings (SSSR count). The summed E-state index contributed by atoms with van der Waals surface area (Å²) < 4.78 is 10.8. The molecule has 0 aromatic heterocycles. The van der Waals surface area contributed by atoms with Gasteiger partial charge in [0.05, 0.1) is 12.7 Å². The normalized spacial score (nSPS) is 21.0. The van der Waals surface area contributed by atoms with E-state index in [2.05, 4.69) is 0 Å². The van der Waals surface area contributed by atoms with Crippen LogP contribution in [0.5, 0.6) is 11.5 Å². The minimum Gasteiger partial charge on any atom is -0.497 e. The van der Waals surface area contributed by atoms with Gasteiger partial charge in [-0.05, 0) is 24.6 Å². The lowest BCUT2D eigenvalue weighted by molar-refractivity contribution is -0.126. The third-order valence-electron chi connectivity index (χ3n) is 3.72. The van der Waals surface area contributed by atoms with Crippen molar-refractivity contribution >= 4 is 12.0 Å². The fourth-order valence-corrected chi connectivity index (χ4v) is 2.57. The first-order chi connectivity index (χ1) is 9.67. The van der Waals surface area contributed by atoms with E-state index >= 15 is 0 Å². The standard InChI is InChI=1S/C15H18N2O3/c1-19-13-3-2-10-6-11(9-20-14(10)7-13)15(18)17-5-4-12(16)8-17/h2-3,6-7,12H,4-5,8-9,16H2,1H3/t12-/m1/s1. The maximum atomic E-state index is 12.4. The van der Waals surface area contributed by atoms with Crippen LogP contribution in [0.1, 0.15) is 12.0 Å². The molecule has 2 heterocycles. The molecule has 1 aromatic carbocycles. The lowest BCUT2D eigenvalue weighted by Crippen LogP contribution is -2.34. The van der Waals surface area contributed by atoms with Gasteiger partial charge in [0.1, 0.15) is 18.1 Å². The van der Waals surface area contributed by atoms with Crippen molar-refractivity contribution in [2.24, 2.45) is 5.73 Å². The first kappa shape index (κ1) is 13.0. The SMILES string of the molecule is COc1ccc2c(c1)OCC(C(=O)N1CC[C@@H](N)C1)=C2. The van der Waals surface area contributed by atoms with Gasteiger partial charge in [0.15, 0.2) is 0 Å². The number of nitrogens with zero attached hydrogens (tertiary/aromatic N) is 1. The van der Waals surface area contributed by atoms with Crippen molar-refractivity contribution in [3.8, 4) is 11.5 Å². The molecular weight excluding hydrogens is 256 g/mol. The number of benzene rings is 1. The van der Waals surface area contributed by atoms with Crippen molar-refractivity contribution in [3.05, 3.63) is 29.3 Å². The number of fused-ring (bicyclic) bond motifs is 1. The number of likely N-dealkylation sites (tertiary alicyclic amines) is 1. The second kappa shape index (κ2) is 5.17. The lowest BCUT2D eigenvalue weighted by atomic mass is 10.1. The summed E-state index contributed by atoms with van der Waals surface area (Å²) in [5.74, 6) is 1.52. The van der Waals surface area contributed by atoms with Crippen LogP contribution in [0.15, 0.2) is 23.8 Å². The zero-order chi connectivity index (χ0) is 14.1. The third kappa shape index (κ3) is 2.36. The Hall–Kier alpha value is -2.01. The van der Waals surface area contributed by atoms with E-state index in [0.29, 0.717) is 18.7 Å². The topological polar surface area (TPSA) is 64.8 Å². The van der Waals surface area contributed by atoms with Crippen molar-refractivity contribution in [2.75, 3.05) is 26.8 Å². The van der Waals surface area contributed by atoms with Crippen molar-refractivity contribution in [1.29, 1.82) is 0 Å². The summed E-state index contributed by atoms with van der Waals surface area (Å²) in [4.78, 5) is 14.2. The molecule has 1 amide bonds. The van der Waals surface area contributed by atoms with Crippen molar-refractivity contribution in [2.45, 2.75) is 12.5 Å². The Morgan fingerprint density at radius 2 is 2.35 bits per heavy atom. The molecule has 5 heteroatoms. The molecule has 0 bridgehead atoms. The van der Waals surface area contributed by atoms with E-state index in [-0.39, 0.29) is 11.9 Å². The Labute approximate surface area is 118 Å². The van der Waals surface area contributed by atoms with Crippen molar-refractivity contribution in [1.82, 2.24) is 4.90 Å². The fraction of sp³-hybridized carbons (Fsp3) is 0.400. The molecule has 1 atom stereocenters. The van der Waals surface area contributed by atoms with E-state index < -0.39 is 0 Å². The van der Waals surface area contributed by atoms with E-state index in [0.717, 1.165) is 30.0 Å². The molecule has 2 aliphatic rings. The number of carbonyl (C=O) groups is 1. The number of amides is 1. The summed E-state index contributed by atoms with van der Waals surface area (Å²) in [6.07, 6.45) is 2.76. The Morgan fingerprint density at radius 3 is 3.05 bits per heavy atom. The molecule has 1 saturated heterocycles. The van der Waals surface area contributed by atoms with Gasteiger partial charge in [-0.1, -0.05) is 0 Å². The van der Waals surface area contributed by atoms with E-state index in [4.69, 9.17) is 15.2 Å². The van der Waals surface area contributed by atoms with Crippen LogP contribution in [0, 0.1) is 0 Å². The molecule has 0 radical (unpaired) electrons. The second-order valence-corrected chi connectivity index (χ2v) is 5.16. The summed E-state index contributed by atoms with van der Waals surface area (Å²) in [6, 6.07) is 5.69. The van der Waals surface area contributed by atoms with Crippen LogP contribution >= 0.6 is 0 Å². The molecule has 1 aromatic rings. The van der Waals surface area contributed by atoms with Crippen molar-refractivity contribution < 1.29 is 14.3 Å². The van der Waals surface area contributed by atoms with Crippen molar-refractivity contribution in [3.63, 3.8) is 0 Å². The first-order valence-corrected chi connectivity index (χ1v) is 6.73. The van der Waals surface area contributed by atoms with Gasteiger partial charge in [-0.2, -0.15) is 0 Å². The number of hydrogen-bond donors (Lipinski definition) is 1. The number of nitrogens with two attached hydrogens (primary N) is 1. The molecule has 0 saturated carbocycles. The van der Waals surface area contributed by atoms with Crippen LogP contribution in [0.4, 0.5) is 0 Å². The molecule has 0 spiro atoms. The second-order valence-electron chi connectivity index (χ2n) is 5.16. The summed E-state index contributed by atoms with van der Waals surface area (Å²) >= 11 is 0. The summed E-state index contributed by atoms with van der Waals surface area (Å²) in [5, 5.41) is 0. The van der Waals surface area contributed by atoms with Crippen LogP contribution in [-0.2, 0) is 4.79 Å². The predicted octanol–water partition coefficient (Wildman–Crippen LogP) is 1.03. The average Bonchev–Trinajstić information content (AvgIpc) is 2.92. The van der Waals surface area contributed by atoms with Gasteiger partial charge >= 0.3 is 0 Å². The van der Waals surface area contributed by atoms with E-state index in [9.17, 15) is 4.79 Å². The molecule has 1 fully saturated rings. The van der Waals surface area contributed by atoms with Gasteiger partial charge in [-0.25, -0.2) is 0 Å². The maximum absolute atomic E-state index is 12.4. The average molecular weight is 274 g/mol. The highest BCUT2D eigenvalue weighted by Crippen LogP contribution is 2.31. The monoisotopic (exact) mass is 274 g/mol. The molecule has 0 aliphatic carbocycles. The lowest BCUT2D eigenvalue weighted by Gasteiger charge is -2.22. The minimum absolute atomic E-state index is 0.0272. The highest BCUT2D eigenvalue weighted by atomic mass is 16.5. The smallest absolute Gasteiger partial charge is 0.253 e. The number of ether oxygens (including phenoxy) is 2. The maximum Gasteiger partial charge on any atom is 0.253 e. The minimum atomic E-state index is 0.0272. The predicted molar refractivity (Wildman–Crippen MR) is 75.6 cm³/mol. The van der Waals surface area contributed by atoms with E-state index in [1.807, 2.05) is 24.3 Å². The number of carbonyl (C=O) groups excluding carboxylic acids is 1. The van der Waals surface area contributed by atoms with E-state index in [1.165, 1.54) is 0 Å². The summed E-state index contributed by atoms with van der Waals surface area (Å²) in [6.45, 7) is 1.66. The molecular formula is C15H18N2O3. The molecule has 20 heavy (non-hydrogen) atoms. The molecule has 2 N–H and O–H groups in total. The Bertz CT molecular complexity index is 568. The summed E-state index contributed by atoms with van der Waals surface area (Å²) in [7, 11) is 1.62. The van der Waals surface area contributed by atoms with Crippen LogP contribution in [-0.4, -0.2) is 43.7 Å². The van der Waals surface area contributed by atoms with E-state index in [1.54, 1.807) is 12.0 Å². The Balaban J connectivity index is 1.81. The molecule has 2 aliphatic heterocycles. The van der Waals surface area contributed by atoms with Gasteiger partial charge in [0.25, 0.3) is 5.91 Å². The number of methoxy groups -OCH3 is 1. The largest absolute Gasteiger partial charge is 0.497 e. The number of hydrogen-bond acceptors (Lipinski definition) is 4. The van der Waals surface area contributed by atoms with Gasteiger partial charge in [-0.15, -0.1) is 0 Å². The fourth-order valence-electron chi connectivity index (χ4n) is 2.57. The Morgan fingerprint density at radius 1 is 1.50 bits per heavy atom. The first-order valence-electron chi connectivity index (χ1n) is 6.73. The molecule has 106 valence electrons. The zero-order valence-corrected chi connectivity index (χ0v) is 11.5. The van der Waals surface area contributed by atoms with Gasteiger partial charge in [0, 0.05) is 30.8 Å².